The van der Waals surface area contributed by atoms with E-state index >= 15 is 0 Å². The fourth-order valence-corrected chi connectivity index (χ4v) is 1.32. The number of nitrogens with zero attached hydrogens (tertiary/aromatic N) is 2. The van der Waals surface area contributed by atoms with E-state index in [0.29, 0.717) is 16.5 Å². The first kappa shape index (κ1) is 9.82. The van der Waals surface area contributed by atoms with Gasteiger partial charge in [0.1, 0.15) is 17.0 Å². The summed E-state index contributed by atoms with van der Waals surface area (Å²) in [7, 11) is 0. The van der Waals surface area contributed by atoms with E-state index in [2.05, 4.69) is 16.4 Å². The number of rotatable bonds is 2. The summed E-state index contributed by atoms with van der Waals surface area (Å²) >= 11 is 5.75. The SMILES string of the molecule is CCNc1nc(Cl)cc(C)c1C#N. The predicted molar refractivity (Wildman–Crippen MR) is 52.9 cm³/mol. The molecular weight excluding hydrogens is 186 g/mol. The Balaban J connectivity index is 3.23. The number of nitriles is 1. The molecule has 3 nitrogen and oxygen atoms in total. The van der Waals surface area contributed by atoms with Crippen molar-refractivity contribution in [1.29, 1.82) is 5.26 Å². The Labute approximate surface area is 82.4 Å². The molecule has 1 aromatic heterocycles. The van der Waals surface area contributed by atoms with Crippen molar-refractivity contribution in [3.05, 3.63) is 22.3 Å². The summed E-state index contributed by atoms with van der Waals surface area (Å²) in [5.41, 5.74) is 1.41. The molecule has 0 atom stereocenters. The van der Waals surface area contributed by atoms with E-state index in [-0.39, 0.29) is 0 Å². The molecule has 0 saturated heterocycles. The Morgan fingerprint density at radius 1 is 1.69 bits per heavy atom. The van der Waals surface area contributed by atoms with Crippen molar-refractivity contribution in [1.82, 2.24) is 4.98 Å². The minimum absolute atomic E-state index is 0.410. The number of pyridine rings is 1. The number of halogens is 1. The lowest BCUT2D eigenvalue weighted by Crippen LogP contribution is -2.03. The lowest BCUT2D eigenvalue weighted by Gasteiger charge is -2.06. The van der Waals surface area contributed by atoms with Gasteiger partial charge in [0.15, 0.2) is 0 Å². The fourth-order valence-electron chi connectivity index (χ4n) is 1.07. The maximum absolute atomic E-state index is 8.84. The lowest BCUT2D eigenvalue weighted by atomic mass is 10.1. The smallest absolute Gasteiger partial charge is 0.145 e. The third-order valence-electron chi connectivity index (χ3n) is 1.64. The van der Waals surface area contributed by atoms with E-state index in [1.165, 1.54) is 0 Å². The Bertz CT molecular complexity index is 355. The highest BCUT2D eigenvalue weighted by atomic mass is 35.5. The summed E-state index contributed by atoms with van der Waals surface area (Å²) in [4.78, 5) is 4.03. The molecule has 0 amide bonds. The monoisotopic (exact) mass is 195 g/mol. The van der Waals surface area contributed by atoms with Crippen molar-refractivity contribution in [2.24, 2.45) is 0 Å². The van der Waals surface area contributed by atoms with Gasteiger partial charge in [0, 0.05) is 6.54 Å². The number of hydrogen-bond acceptors (Lipinski definition) is 3. The number of aryl methyl sites for hydroxylation is 1. The van der Waals surface area contributed by atoms with Gasteiger partial charge < -0.3 is 5.32 Å². The van der Waals surface area contributed by atoms with Crippen LogP contribution in [0.5, 0.6) is 0 Å². The molecule has 1 aromatic rings. The Morgan fingerprint density at radius 3 is 2.92 bits per heavy atom. The Hall–Kier alpha value is -1.27. The van der Waals surface area contributed by atoms with Crippen LogP contribution in [0.1, 0.15) is 18.1 Å². The van der Waals surface area contributed by atoms with Crippen LogP contribution >= 0.6 is 11.6 Å². The number of hydrogen-bond donors (Lipinski definition) is 1. The summed E-state index contributed by atoms with van der Waals surface area (Å²) in [6.07, 6.45) is 0. The van der Waals surface area contributed by atoms with Gasteiger partial charge in [-0.25, -0.2) is 4.98 Å². The molecule has 1 heterocycles. The van der Waals surface area contributed by atoms with Crippen molar-refractivity contribution in [3.8, 4) is 6.07 Å². The van der Waals surface area contributed by atoms with E-state index in [0.717, 1.165) is 12.1 Å². The normalized spacial score (nSPS) is 9.38. The topological polar surface area (TPSA) is 48.7 Å². The molecule has 4 heteroatoms. The van der Waals surface area contributed by atoms with Gasteiger partial charge in [0.25, 0.3) is 0 Å². The standard InChI is InChI=1S/C9H10ClN3/c1-3-12-9-7(5-11)6(2)4-8(10)13-9/h4H,3H2,1-2H3,(H,12,13). The minimum Gasteiger partial charge on any atom is -0.369 e. The molecule has 0 aromatic carbocycles. The zero-order chi connectivity index (χ0) is 9.84. The molecule has 0 saturated carbocycles. The van der Waals surface area contributed by atoms with Crippen molar-refractivity contribution >= 4 is 17.4 Å². The summed E-state index contributed by atoms with van der Waals surface area (Å²) < 4.78 is 0. The largest absolute Gasteiger partial charge is 0.369 e. The van der Waals surface area contributed by atoms with Crippen molar-refractivity contribution < 1.29 is 0 Å². The van der Waals surface area contributed by atoms with Crippen LogP contribution in [0.2, 0.25) is 5.15 Å². The summed E-state index contributed by atoms with van der Waals surface area (Å²) in [6, 6.07) is 3.77. The summed E-state index contributed by atoms with van der Waals surface area (Å²) in [6.45, 7) is 4.51. The Kier molecular flexibility index (Phi) is 3.10. The first-order chi connectivity index (χ1) is 6.19. The van der Waals surface area contributed by atoms with Crippen LogP contribution in [0, 0.1) is 18.3 Å². The van der Waals surface area contributed by atoms with Crippen LogP contribution in [-0.4, -0.2) is 11.5 Å². The quantitative estimate of drug-likeness (QED) is 0.737. The highest BCUT2D eigenvalue weighted by Crippen LogP contribution is 2.19. The molecule has 0 aliphatic heterocycles. The van der Waals surface area contributed by atoms with Crippen molar-refractivity contribution in [2.45, 2.75) is 13.8 Å². The molecule has 0 bridgehead atoms. The van der Waals surface area contributed by atoms with Crippen LogP contribution in [0.25, 0.3) is 0 Å². The molecule has 0 fully saturated rings. The fraction of sp³-hybridized carbons (Fsp3) is 0.333. The molecule has 0 radical (unpaired) electrons. The molecule has 68 valence electrons. The lowest BCUT2D eigenvalue weighted by molar-refractivity contribution is 1.14. The number of nitrogens with one attached hydrogen (secondary N) is 1. The third kappa shape index (κ3) is 2.10. The van der Waals surface area contributed by atoms with Crippen molar-refractivity contribution in [3.63, 3.8) is 0 Å². The van der Waals surface area contributed by atoms with Gasteiger partial charge in [0.05, 0.1) is 5.56 Å². The van der Waals surface area contributed by atoms with E-state index in [9.17, 15) is 0 Å². The number of aromatic nitrogens is 1. The van der Waals surface area contributed by atoms with Gasteiger partial charge in [-0.15, -0.1) is 0 Å². The van der Waals surface area contributed by atoms with Crippen LogP contribution < -0.4 is 5.32 Å². The van der Waals surface area contributed by atoms with Crippen LogP contribution in [0.4, 0.5) is 5.82 Å². The highest BCUT2D eigenvalue weighted by Gasteiger charge is 2.07. The molecule has 13 heavy (non-hydrogen) atoms. The van der Waals surface area contributed by atoms with E-state index in [4.69, 9.17) is 16.9 Å². The van der Waals surface area contributed by atoms with Gasteiger partial charge in [-0.05, 0) is 25.5 Å². The zero-order valence-electron chi connectivity index (χ0n) is 7.56. The molecule has 1 N–H and O–H groups in total. The zero-order valence-corrected chi connectivity index (χ0v) is 8.31. The molecular formula is C9H10ClN3. The molecule has 0 unspecified atom stereocenters. The highest BCUT2D eigenvalue weighted by molar-refractivity contribution is 6.29. The second-order valence-electron chi connectivity index (χ2n) is 2.63. The molecule has 0 spiro atoms. The van der Waals surface area contributed by atoms with Gasteiger partial charge in [-0.2, -0.15) is 5.26 Å². The minimum atomic E-state index is 0.410. The average Bonchev–Trinajstić information content (AvgIpc) is 2.04. The van der Waals surface area contributed by atoms with Crippen LogP contribution in [0.15, 0.2) is 6.07 Å². The van der Waals surface area contributed by atoms with E-state index in [1.54, 1.807) is 6.07 Å². The first-order valence-corrected chi connectivity index (χ1v) is 4.38. The average molecular weight is 196 g/mol. The molecule has 0 aliphatic carbocycles. The summed E-state index contributed by atoms with van der Waals surface area (Å²) in [5.74, 6) is 0.565. The second kappa shape index (κ2) is 4.11. The predicted octanol–water partition coefficient (Wildman–Crippen LogP) is 2.35. The van der Waals surface area contributed by atoms with Gasteiger partial charge in [0.2, 0.25) is 0 Å². The van der Waals surface area contributed by atoms with E-state index in [1.807, 2.05) is 13.8 Å². The molecule has 0 aliphatic rings. The van der Waals surface area contributed by atoms with Gasteiger partial charge in [-0.1, -0.05) is 11.6 Å². The van der Waals surface area contributed by atoms with E-state index < -0.39 is 0 Å². The van der Waals surface area contributed by atoms with Crippen LogP contribution in [0.3, 0.4) is 0 Å². The van der Waals surface area contributed by atoms with Crippen LogP contribution in [-0.2, 0) is 0 Å². The Morgan fingerprint density at radius 2 is 2.38 bits per heavy atom. The maximum atomic E-state index is 8.84. The van der Waals surface area contributed by atoms with Gasteiger partial charge >= 0.3 is 0 Å². The summed E-state index contributed by atoms with van der Waals surface area (Å²) in [5, 5.41) is 12.2. The van der Waals surface area contributed by atoms with Crippen molar-refractivity contribution in [2.75, 3.05) is 11.9 Å². The number of anilines is 1. The third-order valence-corrected chi connectivity index (χ3v) is 1.84. The molecule has 1 rings (SSSR count). The van der Waals surface area contributed by atoms with Gasteiger partial charge in [-0.3, -0.25) is 0 Å². The first-order valence-electron chi connectivity index (χ1n) is 4.00. The maximum Gasteiger partial charge on any atom is 0.145 e. The second-order valence-corrected chi connectivity index (χ2v) is 3.01.